The van der Waals surface area contributed by atoms with E-state index in [1.165, 1.54) is 21.9 Å². The van der Waals surface area contributed by atoms with Gasteiger partial charge in [0, 0.05) is 60.6 Å². The van der Waals surface area contributed by atoms with E-state index in [9.17, 15) is 0 Å². The smallest absolute Gasteiger partial charge is 0.167 e. The van der Waals surface area contributed by atoms with Gasteiger partial charge in [-0.05, 0) is 75.8 Å². The number of fused-ring (bicyclic) bond motifs is 9. The molecule has 6 nitrogen and oxygen atoms in total. The number of hydrogen-bond donors (Lipinski definition) is 0. The zero-order valence-electron chi connectivity index (χ0n) is 40.4. The summed E-state index contributed by atoms with van der Waals surface area (Å²) in [6, 6.07) is 89.4. The van der Waals surface area contributed by atoms with Gasteiger partial charge < -0.3 is 13.4 Å². The van der Waals surface area contributed by atoms with Crippen molar-refractivity contribution in [3.63, 3.8) is 0 Å². The van der Waals surface area contributed by atoms with E-state index in [0.717, 1.165) is 105 Å². The first-order chi connectivity index (χ1) is 37.2. The Kier molecular flexibility index (Phi) is 9.78. The summed E-state index contributed by atoms with van der Waals surface area (Å²) in [5.41, 5.74) is 17.9. The van der Waals surface area contributed by atoms with Crippen LogP contribution in [0.25, 0.3) is 150 Å². The zero-order chi connectivity index (χ0) is 49.4. The van der Waals surface area contributed by atoms with E-state index in [4.69, 9.17) is 23.8 Å². The minimum atomic E-state index is 0.537. The summed E-state index contributed by atoms with van der Waals surface area (Å²) in [6.45, 7) is 0. The third-order valence-electron chi connectivity index (χ3n) is 14.7. The van der Waals surface area contributed by atoms with Gasteiger partial charge in [-0.15, -0.1) is 0 Å². The molecule has 350 valence electrons. The number of hydrogen-bond acceptors (Lipinski definition) is 5. The van der Waals surface area contributed by atoms with Crippen molar-refractivity contribution in [2.45, 2.75) is 0 Å². The van der Waals surface area contributed by atoms with Gasteiger partial charge in [-0.3, -0.25) is 0 Å². The lowest BCUT2D eigenvalue weighted by Crippen LogP contribution is -2.00. The van der Waals surface area contributed by atoms with Gasteiger partial charge in [0.05, 0.1) is 22.3 Å². The lowest BCUT2D eigenvalue weighted by Gasteiger charge is -2.16. The third kappa shape index (κ3) is 7.14. The Hall–Kier alpha value is -10.2. The van der Waals surface area contributed by atoms with Crippen molar-refractivity contribution in [1.82, 2.24) is 19.5 Å². The lowest BCUT2D eigenvalue weighted by atomic mass is 9.95. The average Bonchev–Trinajstić information content (AvgIpc) is 4.21. The van der Waals surface area contributed by atoms with E-state index in [1.54, 1.807) is 0 Å². The second kappa shape index (κ2) is 17.3. The van der Waals surface area contributed by atoms with Crippen LogP contribution in [0, 0.1) is 0 Å². The van der Waals surface area contributed by atoms with E-state index >= 15 is 0 Å². The van der Waals surface area contributed by atoms with Crippen LogP contribution in [-0.2, 0) is 0 Å². The van der Waals surface area contributed by atoms with Crippen LogP contribution in [0.5, 0.6) is 0 Å². The van der Waals surface area contributed by atoms with Crippen LogP contribution in [0.1, 0.15) is 0 Å². The fraction of sp³-hybridized carbons (Fsp3) is 0. The maximum Gasteiger partial charge on any atom is 0.167 e. The lowest BCUT2D eigenvalue weighted by molar-refractivity contribution is 0.668. The SMILES string of the molecule is c1ccc(-c2ccc(-c3nc(-c4ccccc4)nc(-c4cccc5c4oc4c(-c6cccc(-c7cc8c(cc7-n7c9ccccc9c9cc(-c%10ccccc%10)ccc97)oc7ccccc78)c6)cccc45)n3)cc2)cc1. The molecule has 0 aliphatic heterocycles. The normalized spacial score (nSPS) is 11.7. The van der Waals surface area contributed by atoms with Crippen LogP contribution in [0.2, 0.25) is 0 Å². The van der Waals surface area contributed by atoms with Crippen molar-refractivity contribution >= 4 is 65.7 Å². The van der Waals surface area contributed by atoms with Crippen LogP contribution in [-0.4, -0.2) is 19.5 Å². The molecule has 0 fully saturated rings. The molecule has 0 saturated carbocycles. The fourth-order valence-electron chi connectivity index (χ4n) is 11.1. The molecule has 15 aromatic rings. The highest BCUT2D eigenvalue weighted by Gasteiger charge is 2.23. The number of aromatic nitrogens is 4. The third-order valence-corrected chi connectivity index (χ3v) is 14.7. The summed E-state index contributed by atoms with van der Waals surface area (Å²) in [4.78, 5) is 15.4. The summed E-state index contributed by atoms with van der Waals surface area (Å²) >= 11 is 0. The van der Waals surface area contributed by atoms with Gasteiger partial charge in [-0.2, -0.15) is 0 Å². The van der Waals surface area contributed by atoms with Crippen LogP contribution in [0.4, 0.5) is 0 Å². The Balaban J connectivity index is 0.891. The Morgan fingerprint density at radius 1 is 0.253 bits per heavy atom. The summed E-state index contributed by atoms with van der Waals surface area (Å²) in [5.74, 6) is 1.71. The molecule has 0 aliphatic rings. The van der Waals surface area contributed by atoms with Gasteiger partial charge in [0.2, 0.25) is 0 Å². The molecule has 4 heterocycles. The summed E-state index contributed by atoms with van der Waals surface area (Å²) in [7, 11) is 0. The Labute approximate surface area is 431 Å². The predicted octanol–water partition coefficient (Wildman–Crippen LogP) is 18.4. The number of nitrogens with zero attached hydrogens (tertiary/aromatic N) is 4. The molecule has 0 atom stereocenters. The van der Waals surface area contributed by atoms with Crippen LogP contribution >= 0.6 is 0 Å². The molecule has 0 bridgehead atoms. The van der Waals surface area contributed by atoms with Crippen molar-refractivity contribution in [3.8, 4) is 84.4 Å². The van der Waals surface area contributed by atoms with Crippen LogP contribution in [0.3, 0.4) is 0 Å². The molecule has 75 heavy (non-hydrogen) atoms. The topological polar surface area (TPSA) is 69.9 Å². The number of benzene rings is 11. The summed E-state index contributed by atoms with van der Waals surface area (Å²) < 4.78 is 16.2. The first-order valence-electron chi connectivity index (χ1n) is 25.2. The standard InChI is InChI=1S/C69H42N4O2/c1-4-17-43(18-5-1)45-33-35-47(36-34-45)68-70-67(46-21-8-3-9-22-46)71-69(72-68)56-30-16-29-55-54-28-15-27-51(65(54)75-66(55)56)49-23-14-24-50(39-49)57-41-59-53-26-11-13-32-63(53)74-64(59)42-62(57)73-60-31-12-10-25-52(60)58-40-48(37-38-61(58)73)44-19-6-2-7-20-44/h1-42H. The average molecular weight is 959 g/mol. The Morgan fingerprint density at radius 2 is 0.747 bits per heavy atom. The molecule has 6 heteroatoms. The first kappa shape index (κ1) is 42.5. The van der Waals surface area contributed by atoms with Gasteiger partial charge in [0.1, 0.15) is 22.3 Å². The summed E-state index contributed by atoms with van der Waals surface area (Å²) in [6.07, 6.45) is 0. The minimum absolute atomic E-state index is 0.537. The molecule has 0 aliphatic carbocycles. The Bertz CT molecular complexity index is 4690. The maximum atomic E-state index is 7.12. The van der Waals surface area contributed by atoms with Gasteiger partial charge in [-0.25, -0.2) is 15.0 Å². The maximum absolute atomic E-state index is 7.12. The first-order valence-corrected chi connectivity index (χ1v) is 25.2. The number of furan rings is 2. The molecular formula is C69H42N4O2. The van der Waals surface area contributed by atoms with Crippen molar-refractivity contribution in [2.75, 3.05) is 0 Å². The highest BCUT2D eigenvalue weighted by Crippen LogP contribution is 2.44. The molecule has 0 N–H and O–H groups in total. The molecule has 15 rings (SSSR count). The van der Waals surface area contributed by atoms with Gasteiger partial charge in [0.15, 0.2) is 17.5 Å². The van der Waals surface area contributed by atoms with E-state index in [0.29, 0.717) is 23.1 Å². The van der Waals surface area contributed by atoms with E-state index in [-0.39, 0.29) is 0 Å². The van der Waals surface area contributed by atoms with Gasteiger partial charge in [-0.1, -0.05) is 206 Å². The number of rotatable bonds is 8. The molecule has 4 aromatic heterocycles. The van der Waals surface area contributed by atoms with Crippen molar-refractivity contribution in [3.05, 3.63) is 255 Å². The van der Waals surface area contributed by atoms with Crippen molar-refractivity contribution in [1.29, 1.82) is 0 Å². The van der Waals surface area contributed by atoms with Gasteiger partial charge >= 0.3 is 0 Å². The second-order valence-electron chi connectivity index (χ2n) is 19.1. The fourth-order valence-corrected chi connectivity index (χ4v) is 11.1. The van der Waals surface area contributed by atoms with Crippen molar-refractivity contribution in [2.24, 2.45) is 0 Å². The molecule has 0 unspecified atom stereocenters. The molecule has 0 amide bonds. The number of para-hydroxylation sites is 4. The summed E-state index contributed by atoms with van der Waals surface area (Å²) in [5, 5.41) is 6.52. The molecule has 0 saturated heterocycles. The predicted molar refractivity (Wildman–Crippen MR) is 307 cm³/mol. The van der Waals surface area contributed by atoms with Crippen LogP contribution in [0.15, 0.2) is 264 Å². The quantitative estimate of drug-likeness (QED) is 0.152. The van der Waals surface area contributed by atoms with E-state index < -0.39 is 0 Å². The highest BCUT2D eigenvalue weighted by atomic mass is 16.3. The van der Waals surface area contributed by atoms with Crippen LogP contribution < -0.4 is 0 Å². The van der Waals surface area contributed by atoms with E-state index in [2.05, 4.69) is 205 Å². The second-order valence-corrected chi connectivity index (χ2v) is 19.1. The van der Waals surface area contributed by atoms with E-state index in [1.807, 2.05) is 54.6 Å². The van der Waals surface area contributed by atoms with Gasteiger partial charge in [0.25, 0.3) is 0 Å². The molecule has 11 aromatic carbocycles. The molecule has 0 spiro atoms. The Morgan fingerprint density at radius 3 is 1.48 bits per heavy atom. The largest absolute Gasteiger partial charge is 0.456 e. The molecular weight excluding hydrogens is 917 g/mol. The molecule has 0 radical (unpaired) electrons. The van der Waals surface area contributed by atoms with Crippen molar-refractivity contribution < 1.29 is 8.83 Å². The highest BCUT2D eigenvalue weighted by molar-refractivity contribution is 6.15. The minimum Gasteiger partial charge on any atom is -0.456 e. The monoisotopic (exact) mass is 958 g/mol. The zero-order valence-corrected chi connectivity index (χ0v) is 40.4.